The molecule has 0 saturated carbocycles. The molecule has 2 aliphatic rings. The maximum atomic E-state index is 12.6. The summed E-state index contributed by atoms with van der Waals surface area (Å²) in [6, 6.07) is 9.44. The number of allylic oxidation sites excluding steroid dienone is 1. The van der Waals surface area contributed by atoms with Gasteiger partial charge in [0.1, 0.15) is 0 Å². The van der Waals surface area contributed by atoms with Crippen molar-refractivity contribution in [3.05, 3.63) is 66.6 Å². The molecule has 30 heavy (non-hydrogen) atoms. The Bertz CT molecular complexity index is 1290. The third-order valence-corrected chi connectivity index (χ3v) is 6.46. The number of hydrogen-bond acceptors (Lipinski definition) is 6. The molecule has 3 heterocycles. The summed E-state index contributed by atoms with van der Waals surface area (Å²) in [5, 5.41) is 11.2. The molecule has 0 aliphatic carbocycles. The van der Waals surface area contributed by atoms with E-state index in [1.165, 1.54) is 10.1 Å². The van der Waals surface area contributed by atoms with Crippen LogP contribution < -0.4 is 14.3 Å². The van der Waals surface area contributed by atoms with Crippen molar-refractivity contribution < 1.29 is 14.6 Å². The zero-order chi connectivity index (χ0) is 20.8. The Kier molecular flexibility index (Phi) is 4.64. The molecule has 8 heteroatoms. The molecular formula is C22H17ClN2O4S. The van der Waals surface area contributed by atoms with Crippen molar-refractivity contribution in [1.29, 1.82) is 0 Å². The van der Waals surface area contributed by atoms with Gasteiger partial charge in [0.25, 0.3) is 0 Å². The molecule has 1 aromatic heterocycles. The first-order valence-corrected chi connectivity index (χ1v) is 10.6. The van der Waals surface area contributed by atoms with Crippen molar-refractivity contribution in [2.45, 2.75) is 19.9 Å². The highest BCUT2D eigenvalue weighted by Gasteiger charge is 2.21. The summed E-state index contributed by atoms with van der Waals surface area (Å²) in [5.41, 5.74) is 4.64. The van der Waals surface area contributed by atoms with Crippen LogP contribution in [-0.4, -0.2) is 22.7 Å². The van der Waals surface area contributed by atoms with Gasteiger partial charge in [-0.25, -0.2) is 0 Å². The largest absolute Gasteiger partial charge is 0.493 e. The molecule has 0 spiro atoms. The number of aryl methyl sites for hydroxylation is 1. The Hall–Kier alpha value is -3.03. The molecule has 2 aliphatic heterocycles. The molecule has 1 N–H and O–H groups in total. The average Bonchev–Trinajstić information content (AvgIpc) is 3.43. The van der Waals surface area contributed by atoms with Crippen LogP contribution in [0.2, 0.25) is 5.02 Å². The second kappa shape index (κ2) is 7.34. The number of nitrogens with zero attached hydrogens (tertiary/aromatic N) is 2. The molecule has 0 radical (unpaired) electrons. The van der Waals surface area contributed by atoms with E-state index in [4.69, 9.17) is 21.1 Å². The Morgan fingerprint density at radius 3 is 2.87 bits per heavy atom. The Morgan fingerprint density at radius 2 is 2.07 bits per heavy atom. The second-order valence-corrected chi connectivity index (χ2v) is 8.36. The van der Waals surface area contributed by atoms with Crippen molar-refractivity contribution in [2.75, 3.05) is 6.79 Å². The van der Waals surface area contributed by atoms with Gasteiger partial charge in [0.15, 0.2) is 11.5 Å². The van der Waals surface area contributed by atoms with Crippen LogP contribution in [0.4, 0.5) is 5.69 Å². The van der Waals surface area contributed by atoms with E-state index in [9.17, 15) is 9.90 Å². The SMILES string of the molecule is CCc1cccc2c1N=CC2=Cc1sc(=O)n(Cc2cc3c(cc2Cl)OCO3)c1O. The van der Waals surface area contributed by atoms with E-state index < -0.39 is 0 Å². The lowest BCUT2D eigenvalue weighted by Crippen LogP contribution is -2.13. The van der Waals surface area contributed by atoms with Gasteiger partial charge in [-0.2, -0.15) is 0 Å². The van der Waals surface area contributed by atoms with E-state index in [2.05, 4.69) is 18.0 Å². The molecule has 5 rings (SSSR count). The van der Waals surface area contributed by atoms with E-state index in [0.717, 1.165) is 34.6 Å². The third-order valence-electron chi connectivity index (χ3n) is 5.19. The molecule has 0 unspecified atom stereocenters. The topological polar surface area (TPSA) is 73.1 Å². The Labute approximate surface area is 181 Å². The van der Waals surface area contributed by atoms with Gasteiger partial charge in [-0.15, -0.1) is 0 Å². The zero-order valence-corrected chi connectivity index (χ0v) is 17.6. The molecule has 0 saturated heterocycles. The Morgan fingerprint density at radius 1 is 1.27 bits per heavy atom. The van der Waals surface area contributed by atoms with E-state index >= 15 is 0 Å². The summed E-state index contributed by atoms with van der Waals surface area (Å²) in [4.78, 5) is 17.3. The fourth-order valence-electron chi connectivity index (χ4n) is 3.62. The monoisotopic (exact) mass is 440 g/mol. The fraction of sp³-hybridized carbons (Fsp3) is 0.182. The summed E-state index contributed by atoms with van der Waals surface area (Å²) < 4.78 is 12.0. The molecule has 0 bridgehead atoms. The number of rotatable bonds is 4. The van der Waals surface area contributed by atoms with Crippen molar-refractivity contribution in [3.8, 4) is 17.4 Å². The van der Waals surface area contributed by atoms with Gasteiger partial charge >= 0.3 is 4.87 Å². The van der Waals surface area contributed by atoms with Crippen LogP contribution in [0.3, 0.4) is 0 Å². The van der Waals surface area contributed by atoms with Crippen LogP contribution in [0.1, 0.15) is 28.5 Å². The first-order chi connectivity index (χ1) is 14.5. The summed E-state index contributed by atoms with van der Waals surface area (Å²) in [6.45, 7) is 2.36. The lowest BCUT2D eigenvalue weighted by Gasteiger charge is -2.08. The molecule has 3 aromatic rings. The van der Waals surface area contributed by atoms with Crippen LogP contribution in [-0.2, 0) is 13.0 Å². The number of benzene rings is 2. The quantitative estimate of drug-likeness (QED) is 0.628. The van der Waals surface area contributed by atoms with Crippen LogP contribution in [0, 0.1) is 0 Å². The van der Waals surface area contributed by atoms with Crippen LogP contribution in [0.25, 0.3) is 11.6 Å². The van der Waals surface area contributed by atoms with Crippen molar-refractivity contribution >= 4 is 46.5 Å². The van der Waals surface area contributed by atoms with Crippen LogP contribution >= 0.6 is 22.9 Å². The normalized spacial score (nSPS) is 15.2. The summed E-state index contributed by atoms with van der Waals surface area (Å²) in [5.74, 6) is 1.05. The zero-order valence-electron chi connectivity index (χ0n) is 16.0. The minimum Gasteiger partial charge on any atom is -0.493 e. The van der Waals surface area contributed by atoms with Crippen molar-refractivity contribution in [1.82, 2.24) is 4.57 Å². The highest BCUT2D eigenvalue weighted by atomic mass is 35.5. The van der Waals surface area contributed by atoms with Crippen LogP contribution in [0.5, 0.6) is 17.4 Å². The first kappa shape index (κ1) is 19.0. The number of aliphatic imine (C=N–C) groups is 1. The van der Waals surface area contributed by atoms with Gasteiger partial charge in [-0.1, -0.05) is 48.1 Å². The highest BCUT2D eigenvalue weighted by Crippen LogP contribution is 2.39. The number of halogens is 1. The summed E-state index contributed by atoms with van der Waals surface area (Å²) in [6.07, 6.45) is 4.46. The summed E-state index contributed by atoms with van der Waals surface area (Å²) >= 11 is 7.32. The van der Waals surface area contributed by atoms with Crippen molar-refractivity contribution in [2.24, 2.45) is 4.99 Å². The number of thiazole rings is 1. The van der Waals surface area contributed by atoms with Crippen molar-refractivity contribution in [3.63, 3.8) is 0 Å². The second-order valence-electron chi connectivity index (χ2n) is 6.96. The van der Waals surface area contributed by atoms with E-state index in [0.29, 0.717) is 27.0 Å². The molecule has 0 atom stereocenters. The number of hydrogen-bond donors (Lipinski definition) is 1. The number of para-hydroxylation sites is 1. The van der Waals surface area contributed by atoms with Gasteiger partial charge in [-0.3, -0.25) is 14.4 Å². The smallest absolute Gasteiger partial charge is 0.310 e. The number of aromatic nitrogens is 1. The van der Waals surface area contributed by atoms with Gasteiger partial charge in [0.2, 0.25) is 12.7 Å². The molecule has 0 fully saturated rings. The van der Waals surface area contributed by atoms with E-state index in [-0.39, 0.29) is 24.1 Å². The first-order valence-electron chi connectivity index (χ1n) is 9.43. The maximum absolute atomic E-state index is 12.6. The predicted octanol–water partition coefficient (Wildman–Crippen LogP) is 4.86. The van der Waals surface area contributed by atoms with Gasteiger partial charge in [0.05, 0.1) is 17.1 Å². The lowest BCUT2D eigenvalue weighted by molar-refractivity contribution is 0.174. The minimum atomic E-state index is -0.273. The minimum absolute atomic E-state index is 0.0975. The lowest BCUT2D eigenvalue weighted by atomic mass is 10.0. The van der Waals surface area contributed by atoms with Gasteiger partial charge in [0, 0.05) is 28.4 Å². The fourth-order valence-corrected chi connectivity index (χ4v) is 4.67. The third kappa shape index (κ3) is 3.11. The molecule has 6 nitrogen and oxygen atoms in total. The average molecular weight is 441 g/mol. The molecule has 2 aromatic carbocycles. The highest BCUT2D eigenvalue weighted by molar-refractivity contribution is 7.10. The van der Waals surface area contributed by atoms with Crippen LogP contribution in [0.15, 0.2) is 40.1 Å². The molecule has 152 valence electrons. The number of fused-ring (bicyclic) bond motifs is 2. The van der Waals surface area contributed by atoms with E-state index in [1.807, 2.05) is 12.1 Å². The molecular weight excluding hydrogens is 424 g/mol. The summed E-state index contributed by atoms with van der Waals surface area (Å²) in [7, 11) is 0. The predicted molar refractivity (Wildman–Crippen MR) is 119 cm³/mol. The number of aromatic hydroxyl groups is 1. The van der Waals surface area contributed by atoms with E-state index in [1.54, 1.807) is 24.4 Å². The molecule has 0 amide bonds. The van der Waals surface area contributed by atoms with Gasteiger partial charge in [-0.05, 0) is 29.7 Å². The standard InChI is InChI=1S/C22H17ClN2O4S/c1-2-12-4-3-5-15-13(9-24-20(12)15)7-19-21(26)25(22(27)30-19)10-14-6-17-18(8-16(14)23)29-11-28-17/h3-9,26H,2,10-11H2,1H3. The van der Waals surface area contributed by atoms with Gasteiger partial charge < -0.3 is 14.6 Å². The number of ether oxygens (including phenoxy) is 2. The maximum Gasteiger partial charge on any atom is 0.310 e. The Balaban J connectivity index is 1.50.